The lowest BCUT2D eigenvalue weighted by Gasteiger charge is -2.38. The van der Waals surface area contributed by atoms with Gasteiger partial charge in [0.05, 0.1) is 12.7 Å². The number of amides is 1. The summed E-state index contributed by atoms with van der Waals surface area (Å²) in [6.07, 6.45) is 5.75. The number of hydrogen-bond acceptors (Lipinski definition) is 3. The minimum absolute atomic E-state index is 0.236. The molecular weight excluding hydrogens is 324 g/mol. The molecule has 140 valence electrons. The van der Waals surface area contributed by atoms with Crippen LogP contribution in [0.4, 0.5) is 0 Å². The standard InChI is InChI=1S/C22H30N2O2/c1-15(2)18-12-19-17(13-26-20(19)10-16(18)3)11-21(25)24-8-5-22(6-9-24)4-7-23-14-22/h10,12-13,15,23H,4-9,11,14H2,1-3H3. The topological polar surface area (TPSA) is 45.5 Å². The second-order valence-electron chi connectivity index (χ2n) is 8.60. The molecule has 2 aliphatic rings. The fourth-order valence-corrected chi connectivity index (χ4v) is 4.73. The van der Waals surface area contributed by atoms with Crippen LogP contribution < -0.4 is 5.32 Å². The number of fused-ring (bicyclic) bond motifs is 1. The summed E-state index contributed by atoms with van der Waals surface area (Å²) in [4.78, 5) is 14.9. The van der Waals surface area contributed by atoms with Crippen molar-refractivity contribution >= 4 is 16.9 Å². The van der Waals surface area contributed by atoms with E-state index in [4.69, 9.17) is 4.42 Å². The first kappa shape index (κ1) is 17.6. The number of nitrogens with one attached hydrogen (secondary N) is 1. The molecule has 1 spiro atoms. The van der Waals surface area contributed by atoms with Gasteiger partial charge in [-0.15, -0.1) is 0 Å². The Labute approximate surface area is 155 Å². The number of carbonyl (C=O) groups excluding carboxylic acids is 1. The van der Waals surface area contributed by atoms with Gasteiger partial charge in [-0.3, -0.25) is 4.79 Å². The maximum Gasteiger partial charge on any atom is 0.227 e. The van der Waals surface area contributed by atoms with Crippen molar-refractivity contribution in [3.8, 4) is 0 Å². The molecule has 2 aromatic rings. The summed E-state index contributed by atoms with van der Waals surface area (Å²) in [5, 5.41) is 4.58. The van der Waals surface area contributed by atoms with Gasteiger partial charge in [0.1, 0.15) is 5.58 Å². The third kappa shape index (κ3) is 3.16. The van der Waals surface area contributed by atoms with E-state index < -0.39 is 0 Å². The van der Waals surface area contributed by atoms with E-state index >= 15 is 0 Å². The van der Waals surface area contributed by atoms with Gasteiger partial charge in [0.25, 0.3) is 0 Å². The molecule has 26 heavy (non-hydrogen) atoms. The highest BCUT2D eigenvalue weighted by Crippen LogP contribution is 2.37. The number of furan rings is 1. The van der Waals surface area contributed by atoms with Gasteiger partial charge in [-0.25, -0.2) is 0 Å². The van der Waals surface area contributed by atoms with Crippen LogP contribution in [-0.4, -0.2) is 37.0 Å². The van der Waals surface area contributed by atoms with Crippen molar-refractivity contribution in [3.05, 3.63) is 35.1 Å². The molecular formula is C22H30N2O2. The maximum absolute atomic E-state index is 12.9. The number of likely N-dealkylation sites (tertiary alicyclic amines) is 1. The number of carbonyl (C=O) groups is 1. The van der Waals surface area contributed by atoms with Gasteiger partial charge in [-0.1, -0.05) is 13.8 Å². The van der Waals surface area contributed by atoms with Gasteiger partial charge in [0, 0.05) is 30.6 Å². The van der Waals surface area contributed by atoms with Gasteiger partial charge >= 0.3 is 0 Å². The van der Waals surface area contributed by atoms with Crippen LogP contribution in [0.2, 0.25) is 0 Å². The van der Waals surface area contributed by atoms with Crippen molar-refractivity contribution in [1.29, 1.82) is 0 Å². The first-order chi connectivity index (χ1) is 12.5. The molecule has 1 aromatic carbocycles. The largest absolute Gasteiger partial charge is 0.464 e. The van der Waals surface area contributed by atoms with Gasteiger partial charge in [0.15, 0.2) is 0 Å². The SMILES string of the molecule is Cc1cc2occ(CC(=O)N3CCC4(CCNC4)CC3)c2cc1C(C)C. The highest BCUT2D eigenvalue weighted by atomic mass is 16.3. The summed E-state index contributed by atoms with van der Waals surface area (Å²) in [5.41, 5.74) is 4.95. The second kappa shape index (κ2) is 6.73. The zero-order valence-corrected chi connectivity index (χ0v) is 16.2. The molecule has 4 nitrogen and oxygen atoms in total. The summed E-state index contributed by atoms with van der Waals surface area (Å²) in [6, 6.07) is 4.33. The molecule has 3 heterocycles. The van der Waals surface area contributed by atoms with Crippen LogP contribution in [0.5, 0.6) is 0 Å². The normalized spacial score (nSPS) is 19.8. The number of nitrogens with zero attached hydrogens (tertiary/aromatic N) is 1. The second-order valence-corrected chi connectivity index (χ2v) is 8.60. The van der Waals surface area contributed by atoms with Gasteiger partial charge < -0.3 is 14.6 Å². The Kier molecular flexibility index (Phi) is 4.55. The molecule has 4 heteroatoms. The summed E-state index contributed by atoms with van der Waals surface area (Å²) in [6.45, 7) is 10.6. The van der Waals surface area contributed by atoms with Crippen LogP contribution in [0, 0.1) is 12.3 Å². The Hall–Kier alpha value is -1.81. The van der Waals surface area contributed by atoms with E-state index in [0.29, 0.717) is 17.8 Å². The molecule has 1 aromatic heterocycles. The van der Waals surface area contributed by atoms with Crippen molar-refractivity contribution < 1.29 is 9.21 Å². The summed E-state index contributed by atoms with van der Waals surface area (Å²) in [7, 11) is 0. The van der Waals surface area contributed by atoms with Crippen LogP contribution in [0.3, 0.4) is 0 Å². The van der Waals surface area contributed by atoms with Crippen molar-refractivity contribution in [2.24, 2.45) is 5.41 Å². The third-order valence-electron chi connectivity index (χ3n) is 6.51. The highest BCUT2D eigenvalue weighted by Gasteiger charge is 2.38. The molecule has 4 rings (SSSR count). The smallest absolute Gasteiger partial charge is 0.227 e. The molecule has 0 atom stereocenters. The number of aryl methyl sites for hydroxylation is 1. The minimum Gasteiger partial charge on any atom is -0.464 e. The first-order valence-corrected chi connectivity index (χ1v) is 9.97. The average Bonchev–Trinajstić information content (AvgIpc) is 3.22. The molecule has 2 aliphatic heterocycles. The fourth-order valence-electron chi connectivity index (χ4n) is 4.73. The number of hydrogen-bond donors (Lipinski definition) is 1. The van der Waals surface area contributed by atoms with E-state index in [-0.39, 0.29) is 5.91 Å². The number of benzene rings is 1. The lowest BCUT2D eigenvalue weighted by molar-refractivity contribution is -0.132. The zero-order chi connectivity index (χ0) is 18.3. The van der Waals surface area contributed by atoms with Gasteiger partial charge in [-0.05, 0) is 67.3 Å². The number of piperidine rings is 1. The predicted molar refractivity (Wildman–Crippen MR) is 104 cm³/mol. The van der Waals surface area contributed by atoms with Crippen LogP contribution in [0.15, 0.2) is 22.8 Å². The summed E-state index contributed by atoms with van der Waals surface area (Å²) in [5.74, 6) is 0.705. The van der Waals surface area contributed by atoms with E-state index in [0.717, 1.165) is 55.6 Å². The Morgan fingerprint density at radius 3 is 2.69 bits per heavy atom. The Bertz CT molecular complexity index is 805. The first-order valence-electron chi connectivity index (χ1n) is 9.97. The molecule has 0 saturated carbocycles. The van der Waals surface area contributed by atoms with E-state index in [9.17, 15) is 4.79 Å². The Balaban J connectivity index is 1.48. The molecule has 0 aliphatic carbocycles. The molecule has 0 unspecified atom stereocenters. The van der Waals surface area contributed by atoms with E-state index in [1.807, 2.05) is 0 Å². The molecule has 0 radical (unpaired) electrons. The monoisotopic (exact) mass is 354 g/mol. The van der Waals surface area contributed by atoms with Gasteiger partial charge in [0.2, 0.25) is 5.91 Å². The lowest BCUT2D eigenvalue weighted by atomic mass is 9.78. The molecule has 2 saturated heterocycles. The highest BCUT2D eigenvalue weighted by molar-refractivity contribution is 5.88. The molecule has 0 bridgehead atoms. The van der Waals surface area contributed by atoms with Crippen LogP contribution in [-0.2, 0) is 11.2 Å². The van der Waals surface area contributed by atoms with Crippen molar-refractivity contribution in [2.75, 3.05) is 26.2 Å². The van der Waals surface area contributed by atoms with E-state index in [2.05, 4.69) is 43.1 Å². The lowest BCUT2D eigenvalue weighted by Crippen LogP contribution is -2.44. The van der Waals surface area contributed by atoms with Crippen molar-refractivity contribution in [3.63, 3.8) is 0 Å². The van der Waals surface area contributed by atoms with Crippen LogP contribution in [0.1, 0.15) is 55.7 Å². The zero-order valence-electron chi connectivity index (χ0n) is 16.2. The van der Waals surface area contributed by atoms with E-state index in [1.54, 1.807) is 6.26 Å². The average molecular weight is 354 g/mol. The van der Waals surface area contributed by atoms with Crippen molar-refractivity contribution in [2.45, 2.75) is 52.4 Å². The molecule has 1 amide bonds. The number of rotatable bonds is 3. The van der Waals surface area contributed by atoms with E-state index in [1.165, 1.54) is 17.5 Å². The summed E-state index contributed by atoms with van der Waals surface area (Å²) >= 11 is 0. The van der Waals surface area contributed by atoms with Gasteiger partial charge in [-0.2, -0.15) is 0 Å². The maximum atomic E-state index is 12.9. The summed E-state index contributed by atoms with van der Waals surface area (Å²) < 4.78 is 5.75. The molecule has 1 N–H and O–H groups in total. The van der Waals surface area contributed by atoms with Crippen molar-refractivity contribution in [1.82, 2.24) is 10.2 Å². The van der Waals surface area contributed by atoms with Crippen LogP contribution in [0.25, 0.3) is 11.0 Å². The van der Waals surface area contributed by atoms with Crippen LogP contribution >= 0.6 is 0 Å². The predicted octanol–water partition coefficient (Wildman–Crippen LogP) is 4.01. The fraction of sp³-hybridized carbons (Fsp3) is 0.591. The quantitative estimate of drug-likeness (QED) is 0.906. The molecule has 2 fully saturated rings. The minimum atomic E-state index is 0.236. The third-order valence-corrected chi connectivity index (χ3v) is 6.51. The Morgan fingerprint density at radius 1 is 1.27 bits per heavy atom. The Morgan fingerprint density at radius 2 is 2.04 bits per heavy atom.